The van der Waals surface area contributed by atoms with E-state index in [1.54, 1.807) is 12.1 Å². The molecule has 0 fully saturated rings. The molecule has 34 heavy (non-hydrogen) atoms. The number of amides is 1. The summed E-state index contributed by atoms with van der Waals surface area (Å²) in [7, 11) is 1.68. The van der Waals surface area contributed by atoms with Gasteiger partial charge in [-0.3, -0.25) is 4.79 Å². The number of nitrogens with zero attached hydrogens (tertiary/aromatic N) is 2. The van der Waals surface area contributed by atoms with Crippen LogP contribution in [0.4, 0.5) is 5.69 Å². The molecule has 1 heterocycles. The Morgan fingerprint density at radius 3 is 2.41 bits per heavy atom. The van der Waals surface area contributed by atoms with Crippen molar-refractivity contribution < 1.29 is 9.53 Å². The van der Waals surface area contributed by atoms with Gasteiger partial charge in [-0.1, -0.05) is 74.5 Å². The van der Waals surface area contributed by atoms with Crippen LogP contribution in [0.3, 0.4) is 0 Å². The highest BCUT2D eigenvalue weighted by molar-refractivity contribution is 6.09. The number of rotatable bonds is 11. The standard InChI is InChI=1S/C29H35N3O2/c1-4-31(5-2)21-19-29(24-13-7-6-8-14-24)26-16-9-10-17-27(26)32(28(29)33)30-20-18-23-12-11-15-25(22-23)34-3/h6-17,22,30H,4-5,18-21H2,1-3H3. The molecule has 1 atom stereocenters. The van der Waals surface area contributed by atoms with Crippen LogP contribution in [-0.2, 0) is 16.6 Å². The zero-order chi connectivity index (χ0) is 24.0. The van der Waals surface area contributed by atoms with Crippen LogP contribution in [0.2, 0.25) is 0 Å². The Morgan fingerprint density at radius 2 is 1.68 bits per heavy atom. The first kappa shape index (κ1) is 24.0. The zero-order valence-corrected chi connectivity index (χ0v) is 20.5. The van der Waals surface area contributed by atoms with Crippen LogP contribution in [0.5, 0.6) is 5.75 Å². The number of carbonyl (C=O) groups excluding carboxylic acids is 1. The highest BCUT2D eigenvalue weighted by atomic mass is 16.5. The molecule has 3 aromatic rings. The second kappa shape index (κ2) is 10.9. The van der Waals surface area contributed by atoms with Gasteiger partial charge in [0.2, 0.25) is 0 Å². The first-order chi connectivity index (χ1) is 16.6. The van der Waals surface area contributed by atoms with Crippen LogP contribution >= 0.6 is 0 Å². The molecule has 3 aromatic carbocycles. The topological polar surface area (TPSA) is 44.8 Å². The summed E-state index contributed by atoms with van der Waals surface area (Å²) < 4.78 is 5.35. The lowest BCUT2D eigenvalue weighted by Crippen LogP contribution is -2.49. The van der Waals surface area contributed by atoms with Crippen LogP contribution in [0, 0.1) is 0 Å². The van der Waals surface area contributed by atoms with Crippen LogP contribution < -0.4 is 15.2 Å². The summed E-state index contributed by atoms with van der Waals surface area (Å²) in [5.74, 6) is 0.942. The normalized spacial score (nSPS) is 17.3. The lowest BCUT2D eigenvalue weighted by Gasteiger charge is -2.32. The smallest absolute Gasteiger partial charge is 0.256 e. The molecule has 0 spiro atoms. The van der Waals surface area contributed by atoms with E-state index in [0.717, 1.165) is 55.0 Å². The number of nitrogens with one attached hydrogen (secondary N) is 1. The molecule has 4 rings (SSSR count). The number of hydrogen-bond acceptors (Lipinski definition) is 4. The lowest BCUT2D eigenvalue weighted by atomic mass is 9.72. The third-order valence-electron chi connectivity index (χ3n) is 6.95. The Hall–Kier alpha value is -3.15. The van der Waals surface area contributed by atoms with Gasteiger partial charge in [0.1, 0.15) is 11.2 Å². The Labute approximate surface area is 203 Å². The Kier molecular flexibility index (Phi) is 7.66. The zero-order valence-electron chi connectivity index (χ0n) is 20.5. The highest BCUT2D eigenvalue weighted by Crippen LogP contribution is 2.47. The molecule has 1 aliphatic heterocycles. The van der Waals surface area contributed by atoms with Crippen molar-refractivity contribution in [2.45, 2.75) is 32.1 Å². The summed E-state index contributed by atoms with van der Waals surface area (Å²) in [5.41, 5.74) is 6.98. The first-order valence-electron chi connectivity index (χ1n) is 12.2. The number of methoxy groups -OCH3 is 1. The van der Waals surface area contributed by atoms with Crippen molar-refractivity contribution in [2.75, 3.05) is 38.3 Å². The molecule has 0 aliphatic carbocycles. The highest BCUT2D eigenvalue weighted by Gasteiger charge is 2.51. The predicted octanol–water partition coefficient (Wildman–Crippen LogP) is 4.81. The molecule has 0 bridgehead atoms. The lowest BCUT2D eigenvalue weighted by molar-refractivity contribution is -0.122. The van der Waals surface area contributed by atoms with E-state index in [2.05, 4.69) is 48.4 Å². The molecular weight excluding hydrogens is 422 g/mol. The van der Waals surface area contributed by atoms with Crippen molar-refractivity contribution in [3.63, 3.8) is 0 Å². The van der Waals surface area contributed by atoms with Gasteiger partial charge in [0.15, 0.2) is 0 Å². The Balaban J connectivity index is 1.64. The minimum atomic E-state index is -0.705. The van der Waals surface area contributed by atoms with Crippen LogP contribution in [-0.4, -0.2) is 44.1 Å². The molecule has 5 nitrogen and oxygen atoms in total. The molecule has 1 aliphatic rings. The second-order valence-electron chi connectivity index (χ2n) is 8.72. The van der Waals surface area contributed by atoms with E-state index < -0.39 is 5.41 Å². The number of ether oxygens (including phenoxy) is 1. The molecular formula is C29H35N3O2. The van der Waals surface area contributed by atoms with E-state index >= 15 is 0 Å². The van der Waals surface area contributed by atoms with Crippen LogP contribution in [0.15, 0.2) is 78.9 Å². The monoisotopic (exact) mass is 457 g/mol. The van der Waals surface area contributed by atoms with Crippen molar-refractivity contribution in [1.82, 2.24) is 10.3 Å². The summed E-state index contributed by atoms with van der Waals surface area (Å²) in [6.07, 6.45) is 1.53. The van der Waals surface area contributed by atoms with Gasteiger partial charge in [0, 0.05) is 6.54 Å². The van der Waals surface area contributed by atoms with E-state index in [1.807, 2.05) is 54.6 Å². The number of hydrazine groups is 1. The van der Waals surface area contributed by atoms with Gasteiger partial charge in [0.25, 0.3) is 5.91 Å². The van der Waals surface area contributed by atoms with E-state index in [4.69, 9.17) is 4.74 Å². The molecule has 178 valence electrons. The summed E-state index contributed by atoms with van der Waals surface area (Å²) >= 11 is 0. The Bertz CT molecular complexity index is 1100. The molecule has 1 N–H and O–H groups in total. The van der Waals surface area contributed by atoms with Crippen molar-refractivity contribution in [3.8, 4) is 5.75 Å². The summed E-state index contributed by atoms with van der Waals surface area (Å²) in [6, 6.07) is 26.5. The van der Waals surface area contributed by atoms with E-state index in [1.165, 1.54) is 5.56 Å². The summed E-state index contributed by atoms with van der Waals surface area (Å²) in [4.78, 5) is 16.6. The van der Waals surface area contributed by atoms with Gasteiger partial charge in [-0.05, 0) is 67.4 Å². The van der Waals surface area contributed by atoms with E-state index in [0.29, 0.717) is 6.54 Å². The molecule has 5 heteroatoms. The third kappa shape index (κ3) is 4.59. The van der Waals surface area contributed by atoms with Crippen molar-refractivity contribution in [2.24, 2.45) is 0 Å². The molecule has 0 saturated carbocycles. The third-order valence-corrected chi connectivity index (χ3v) is 6.95. The number of carbonyl (C=O) groups is 1. The predicted molar refractivity (Wildman–Crippen MR) is 138 cm³/mol. The van der Waals surface area contributed by atoms with Gasteiger partial charge < -0.3 is 9.64 Å². The van der Waals surface area contributed by atoms with Gasteiger partial charge in [-0.25, -0.2) is 10.4 Å². The largest absolute Gasteiger partial charge is 0.497 e. The molecule has 0 radical (unpaired) electrons. The van der Waals surface area contributed by atoms with Crippen LogP contribution in [0.1, 0.15) is 37.0 Å². The second-order valence-corrected chi connectivity index (χ2v) is 8.72. The maximum absolute atomic E-state index is 14.2. The van der Waals surface area contributed by atoms with Crippen molar-refractivity contribution in [1.29, 1.82) is 0 Å². The van der Waals surface area contributed by atoms with Crippen molar-refractivity contribution >= 4 is 11.6 Å². The first-order valence-corrected chi connectivity index (χ1v) is 12.2. The molecule has 0 aromatic heterocycles. The van der Waals surface area contributed by atoms with Gasteiger partial charge in [-0.15, -0.1) is 0 Å². The minimum absolute atomic E-state index is 0.0951. The number of fused-ring (bicyclic) bond motifs is 1. The summed E-state index contributed by atoms with van der Waals surface area (Å²) in [6.45, 7) is 7.80. The fraction of sp³-hybridized carbons (Fsp3) is 0.345. The summed E-state index contributed by atoms with van der Waals surface area (Å²) in [5, 5.41) is 1.78. The van der Waals surface area contributed by atoms with Gasteiger partial charge >= 0.3 is 0 Å². The molecule has 0 saturated heterocycles. The SMILES string of the molecule is CCN(CC)CCC1(c2ccccc2)C(=O)N(NCCc2cccc(OC)c2)c2ccccc21. The van der Waals surface area contributed by atoms with Gasteiger partial charge in [0.05, 0.1) is 12.8 Å². The fourth-order valence-electron chi connectivity index (χ4n) is 5.00. The maximum Gasteiger partial charge on any atom is 0.256 e. The average Bonchev–Trinajstić information content (AvgIpc) is 3.13. The number of hydrogen-bond donors (Lipinski definition) is 1. The average molecular weight is 458 g/mol. The molecule has 1 unspecified atom stereocenters. The van der Waals surface area contributed by atoms with Crippen LogP contribution in [0.25, 0.3) is 0 Å². The number of benzene rings is 3. The molecule has 1 amide bonds. The van der Waals surface area contributed by atoms with E-state index in [-0.39, 0.29) is 5.91 Å². The Morgan fingerprint density at radius 1 is 0.941 bits per heavy atom. The van der Waals surface area contributed by atoms with Gasteiger partial charge in [-0.2, -0.15) is 0 Å². The quantitative estimate of drug-likeness (QED) is 0.449. The number of anilines is 1. The van der Waals surface area contributed by atoms with E-state index in [9.17, 15) is 4.79 Å². The van der Waals surface area contributed by atoms with Crippen molar-refractivity contribution in [3.05, 3.63) is 95.6 Å². The maximum atomic E-state index is 14.2. The number of para-hydroxylation sites is 1. The fourth-order valence-corrected chi connectivity index (χ4v) is 5.00. The minimum Gasteiger partial charge on any atom is -0.497 e.